The number of anilines is 1. The first-order valence-corrected chi connectivity index (χ1v) is 8.48. The Morgan fingerprint density at radius 3 is 2.57 bits per heavy atom. The highest BCUT2D eigenvalue weighted by molar-refractivity contribution is 7.13. The molecule has 0 spiro atoms. The van der Waals surface area contributed by atoms with Crippen LogP contribution in [0.25, 0.3) is 21.6 Å². The van der Waals surface area contributed by atoms with Crippen LogP contribution < -0.4 is 4.90 Å². The fraction of sp³-hybridized carbons (Fsp3) is 0.235. The van der Waals surface area contributed by atoms with E-state index in [0.29, 0.717) is 0 Å². The number of hydrogen-bond donors (Lipinski definition) is 0. The molecule has 1 aliphatic rings. The number of fused-ring (bicyclic) bond motifs is 1. The number of carbonyl (C=O) groups is 1. The third-order valence-corrected chi connectivity index (χ3v) is 4.95. The smallest absolute Gasteiger partial charge is 0.209 e. The number of carbonyl (C=O) groups excluding carboxylic acids is 1. The standard InChI is InChI=1S/C17H16N4OS/c22-12-20-7-9-21(10-8-20)17-13-4-1-2-5-14(13)18-16(19-17)15-6-3-11-23-15/h1-6,11-12H,7-10H2. The van der Waals surface area contributed by atoms with Gasteiger partial charge in [0, 0.05) is 31.6 Å². The predicted molar refractivity (Wildman–Crippen MR) is 92.7 cm³/mol. The zero-order chi connectivity index (χ0) is 15.6. The molecule has 2 aromatic heterocycles. The largest absolute Gasteiger partial charge is 0.352 e. The van der Waals surface area contributed by atoms with Crippen molar-refractivity contribution in [2.24, 2.45) is 0 Å². The monoisotopic (exact) mass is 324 g/mol. The Bertz CT molecular complexity index is 826. The zero-order valence-electron chi connectivity index (χ0n) is 12.6. The van der Waals surface area contributed by atoms with Crippen LogP contribution >= 0.6 is 11.3 Å². The van der Waals surface area contributed by atoms with Gasteiger partial charge in [-0.25, -0.2) is 9.97 Å². The Morgan fingerprint density at radius 1 is 1.00 bits per heavy atom. The third-order valence-electron chi connectivity index (χ3n) is 4.09. The van der Waals surface area contributed by atoms with Gasteiger partial charge in [0.1, 0.15) is 5.82 Å². The lowest BCUT2D eigenvalue weighted by molar-refractivity contribution is -0.118. The molecule has 116 valence electrons. The third kappa shape index (κ3) is 2.66. The van der Waals surface area contributed by atoms with Crippen LogP contribution in [0.2, 0.25) is 0 Å². The highest BCUT2D eigenvalue weighted by Crippen LogP contribution is 2.29. The van der Waals surface area contributed by atoms with Crippen molar-refractivity contribution >= 4 is 34.5 Å². The minimum absolute atomic E-state index is 0.732. The molecule has 0 N–H and O–H groups in total. The number of piperazine rings is 1. The lowest BCUT2D eigenvalue weighted by atomic mass is 10.2. The average Bonchev–Trinajstić information content (AvgIpc) is 3.15. The van der Waals surface area contributed by atoms with Crippen molar-refractivity contribution in [3.63, 3.8) is 0 Å². The molecule has 3 heterocycles. The second-order valence-corrected chi connectivity index (χ2v) is 6.44. The Hall–Kier alpha value is -2.47. The second kappa shape index (κ2) is 5.96. The maximum absolute atomic E-state index is 10.9. The van der Waals surface area contributed by atoms with Gasteiger partial charge in [0.25, 0.3) is 0 Å². The quantitative estimate of drug-likeness (QED) is 0.695. The van der Waals surface area contributed by atoms with Gasteiger partial charge >= 0.3 is 0 Å². The minimum atomic E-state index is 0.732. The van der Waals surface area contributed by atoms with Gasteiger partial charge in [-0.2, -0.15) is 0 Å². The summed E-state index contributed by atoms with van der Waals surface area (Å²) in [5.41, 5.74) is 0.957. The van der Waals surface area contributed by atoms with Crippen molar-refractivity contribution in [1.29, 1.82) is 0 Å². The molecule has 3 aromatic rings. The van der Waals surface area contributed by atoms with Crippen molar-refractivity contribution in [3.8, 4) is 10.7 Å². The molecule has 1 fully saturated rings. The van der Waals surface area contributed by atoms with Crippen LogP contribution in [0, 0.1) is 0 Å². The average molecular weight is 324 g/mol. The first-order chi connectivity index (χ1) is 11.3. The fourth-order valence-corrected chi connectivity index (χ4v) is 3.51. The molecular formula is C17H16N4OS. The molecule has 0 bridgehead atoms. The number of thiophene rings is 1. The minimum Gasteiger partial charge on any atom is -0.352 e. The van der Waals surface area contributed by atoms with Gasteiger partial charge in [0.05, 0.1) is 10.4 Å². The number of hydrogen-bond acceptors (Lipinski definition) is 5. The summed E-state index contributed by atoms with van der Waals surface area (Å²) in [4.78, 5) is 25.6. The number of nitrogens with zero attached hydrogens (tertiary/aromatic N) is 4. The van der Waals surface area contributed by atoms with Crippen LogP contribution in [0.4, 0.5) is 5.82 Å². The summed E-state index contributed by atoms with van der Waals surface area (Å²) in [5.74, 6) is 1.73. The number of aromatic nitrogens is 2. The summed E-state index contributed by atoms with van der Waals surface area (Å²) >= 11 is 1.65. The van der Waals surface area contributed by atoms with Gasteiger partial charge in [-0.1, -0.05) is 18.2 Å². The molecule has 1 aromatic carbocycles. The Morgan fingerprint density at radius 2 is 1.83 bits per heavy atom. The SMILES string of the molecule is O=CN1CCN(c2nc(-c3cccs3)nc3ccccc23)CC1. The first-order valence-electron chi connectivity index (χ1n) is 7.60. The van der Waals surface area contributed by atoms with Gasteiger partial charge < -0.3 is 9.80 Å². The molecule has 5 nitrogen and oxygen atoms in total. The fourth-order valence-electron chi connectivity index (χ4n) is 2.86. The lowest BCUT2D eigenvalue weighted by Gasteiger charge is -2.34. The predicted octanol–water partition coefficient (Wildman–Crippen LogP) is 2.64. The van der Waals surface area contributed by atoms with Crippen molar-refractivity contribution in [2.45, 2.75) is 0 Å². The summed E-state index contributed by atoms with van der Waals surface area (Å²) < 4.78 is 0. The molecule has 6 heteroatoms. The maximum Gasteiger partial charge on any atom is 0.209 e. The summed E-state index contributed by atoms with van der Waals surface area (Å²) in [6, 6.07) is 12.2. The van der Waals surface area contributed by atoms with Crippen molar-refractivity contribution in [3.05, 3.63) is 41.8 Å². The second-order valence-electron chi connectivity index (χ2n) is 5.49. The highest BCUT2D eigenvalue weighted by Gasteiger charge is 2.20. The molecule has 4 rings (SSSR count). The molecular weight excluding hydrogens is 308 g/mol. The van der Waals surface area contributed by atoms with E-state index in [1.54, 1.807) is 16.2 Å². The number of benzene rings is 1. The normalized spacial score (nSPS) is 15.1. The van der Waals surface area contributed by atoms with E-state index in [4.69, 9.17) is 9.97 Å². The van der Waals surface area contributed by atoms with E-state index in [0.717, 1.165) is 60.0 Å². The number of rotatable bonds is 3. The summed E-state index contributed by atoms with van der Waals surface area (Å²) in [6.07, 6.45) is 0.923. The van der Waals surface area contributed by atoms with Gasteiger partial charge in [-0.3, -0.25) is 4.79 Å². The molecule has 0 atom stereocenters. The van der Waals surface area contributed by atoms with Crippen LogP contribution in [-0.2, 0) is 4.79 Å². The van der Waals surface area contributed by atoms with E-state index in [1.165, 1.54) is 0 Å². The summed E-state index contributed by atoms with van der Waals surface area (Å²) in [7, 11) is 0. The Kier molecular flexibility index (Phi) is 3.67. The topological polar surface area (TPSA) is 49.3 Å². The number of amides is 1. The van der Waals surface area contributed by atoms with Gasteiger partial charge in [-0.15, -0.1) is 11.3 Å². The van der Waals surface area contributed by atoms with Crippen LogP contribution in [0.15, 0.2) is 41.8 Å². The molecule has 1 saturated heterocycles. The van der Waals surface area contributed by atoms with Crippen molar-refractivity contribution in [1.82, 2.24) is 14.9 Å². The van der Waals surface area contributed by atoms with E-state index in [9.17, 15) is 4.79 Å². The van der Waals surface area contributed by atoms with Crippen molar-refractivity contribution in [2.75, 3.05) is 31.1 Å². The molecule has 0 radical (unpaired) electrons. The zero-order valence-corrected chi connectivity index (χ0v) is 13.4. The Balaban J connectivity index is 1.79. The van der Waals surface area contributed by atoms with E-state index < -0.39 is 0 Å². The Labute approximate surface area is 138 Å². The van der Waals surface area contributed by atoms with Crippen LogP contribution in [-0.4, -0.2) is 47.5 Å². The molecule has 23 heavy (non-hydrogen) atoms. The van der Waals surface area contributed by atoms with Gasteiger partial charge in [-0.05, 0) is 23.6 Å². The lowest BCUT2D eigenvalue weighted by Crippen LogP contribution is -2.46. The van der Waals surface area contributed by atoms with Crippen LogP contribution in [0.3, 0.4) is 0 Å². The van der Waals surface area contributed by atoms with Gasteiger partial charge in [0.2, 0.25) is 6.41 Å². The molecule has 0 saturated carbocycles. The summed E-state index contributed by atoms with van der Waals surface area (Å²) in [5, 5.41) is 3.10. The first kappa shape index (κ1) is 14.1. The van der Waals surface area contributed by atoms with E-state index in [2.05, 4.69) is 11.0 Å². The van der Waals surface area contributed by atoms with E-state index >= 15 is 0 Å². The van der Waals surface area contributed by atoms with E-state index in [-0.39, 0.29) is 0 Å². The molecule has 0 aliphatic carbocycles. The number of para-hydroxylation sites is 1. The maximum atomic E-state index is 10.9. The summed E-state index contributed by atoms with van der Waals surface area (Å²) in [6.45, 7) is 3.06. The van der Waals surface area contributed by atoms with Crippen molar-refractivity contribution < 1.29 is 4.79 Å². The van der Waals surface area contributed by atoms with Crippen LogP contribution in [0.1, 0.15) is 0 Å². The molecule has 0 unspecified atom stereocenters. The molecule has 1 amide bonds. The highest BCUT2D eigenvalue weighted by atomic mass is 32.1. The molecule has 1 aliphatic heterocycles. The van der Waals surface area contributed by atoms with Crippen LogP contribution in [0.5, 0.6) is 0 Å². The van der Waals surface area contributed by atoms with Gasteiger partial charge in [0.15, 0.2) is 5.82 Å². The van der Waals surface area contributed by atoms with E-state index in [1.807, 2.05) is 35.7 Å².